The van der Waals surface area contributed by atoms with E-state index in [1.54, 1.807) is 31.2 Å². The Morgan fingerprint density at radius 1 is 1.20 bits per heavy atom. The normalized spacial score (nSPS) is 14.3. The van der Waals surface area contributed by atoms with Gasteiger partial charge in [0.2, 0.25) is 17.8 Å². The number of carbonyl (C=O) groups is 2. The van der Waals surface area contributed by atoms with Crippen LogP contribution in [0.2, 0.25) is 0 Å². The lowest BCUT2D eigenvalue weighted by Crippen LogP contribution is -2.19. The van der Waals surface area contributed by atoms with Crippen molar-refractivity contribution in [1.29, 1.82) is 0 Å². The number of amides is 2. The van der Waals surface area contributed by atoms with Crippen LogP contribution in [0.25, 0.3) is 11.3 Å². The lowest BCUT2D eigenvalue weighted by molar-refractivity contribution is -0.117. The number of hydrogen-bond donors (Lipinski definition) is 3. The predicted molar refractivity (Wildman–Crippen MR) is 134 cm³/mol. The van der Waals surface area contributed by atoms with Crippen molar-refractivity contribution in [2.45, 2.75) is 31.6 Å². The minimum Gasteiger partial charge on any atom is -0.319 e. The third kappa shape index (κ3) is 6.39. The fourth-order valence-corrected chi connectivity index (χ4v) is 3.59. The Bertz CT molecular complexity index is 1250. The second-order valence-corrected chi connectivity index (χ2v) is 9.01. The summed E-state index contributed by atoms with van der Waals surface area (Å²) in [5.74, 6) is -0.808. The summed E-state index contributed by atoms with van der Waals surface area (Å²) in [4.78, 5) is 30.7. The largest absolute Gasteiger partial charge is 0.319 e. The molecule has 2 aromatic heterocycles. The Morgan fingerprint density at radius 2 is 2.00 bits per heavy atom. The van der Waals surface area contributed by atoms with Gasteiger partial charge in [-0.1, -0.05) is 24.3 Å². The highest BCUT2D eigenvalue weighted by molar-refractivity contribution is 5.99. The summed E-state index contributed by atoms with van der Waals surface area (Å²) in [6.07, 6.45) is 5.35. The van der Waals surface area contributed by atoms with Crippen LogP contribution in [0.5, 0.6) is 0 Å². The van der Waals surface area contributed by atoms with E-state index < -0.39 is 17.8 Å². The lowest BCUT2D eigenvalue weighted by atomic mass is 9.97. The zero-order valence-corrected chi connectivity index (χ0v) is 20.0. The first-order valence-corrected chi connectivity index (χ1v) is 11.6. The minimum absolute atomic E-state index is 0.00160. The topological polar surface area (TPSA) is 103 Å². The molecule has 182 valence electrons. The number of anilines is 2. The van der Waals surface area contributed by atoms with Gasteiger partial charge < -0.3 is 15.5 Å². The van der Waals surface area contributed by atoms with Crippen LogP contribution in [0.15, 0.2) is 54.6 Å². The van der Waals surface area contributed by atoms with Crippen molar-refractivity contribution < 1.29 is 14.0 Å². The number of aromatic nitrogens is 3. The van der Waals surface area contributed by atoms with Gasteiger partial charge in [0.15, 0.2) is 5.82 Å². The summed E-state index contributed by atoms with van der Waals surface area (Å²) in [6.45, 7) is 2.41. The highest BCUT2D eigenvalue weighted by atomic mass is 19.1. The van der Waals surface area contributed by atoms with Gasteiger partial charge in [-0.2, -0.15) is 9.49 Å². The molecule has 1 unspecified atom stereocenters. The molecule has 2 amide bonds. The quantitative estimate of drug-likeness (QED) is 0.316. The van der Waals surface area contributed by atoms with Gasteiger partial charge in [-0.25, -0.2) is 4.98 Å². The molecule has 8 nitrogen and oxygen atoms in total. The molecule has 0 saturated heterocycles. The SMILES string of the molecule is CC(C(=O)Nc1cc(C2CC2)[nH]n1)c1cccc(-c2ccc(NC(=O)/C=C/CN(C)C)c(F)n2)c1. The number of halogens is 1. The van der Waals surface area contributed by atoms with Gasteiger partial charge in [0.05, 0.1) is 17.3 Å². The van der Waals surface area contributed by atoms with Crippen molar-refractivity contribution in [1.82, 2.24) is 20.1 Å². The van der Waals surface area contributed by atoms with E-state index in [1.165, 1.54) is 12.1 Å². The van der Waals surface area contributed by atoms with Gasteiger partial charge in [-0.3, -0.25) is 14.7 Å². The molecule has 0 aliphatic heterocycles. The van der Waals surface area contributed by atoms with Crippen LogP contribution in [-0.4, -0.2) is 52.5 Å². The number of likely N-dealkylation sites (N-methyl/N-ethyl adjacent to an activating group) is 1. The Morgan fingerprint density at radius 3 is 2.71 bits per heavy atom. The average Bonchev–Trinajstić information content (AvgIpc) is 3.58. The van der Waals surface area contributed by atoms with Crippen LogP contribution in [0.3, 0.4) is 0 Å². The first-order valence-electron chi connectivity index (χ1n) is 11.6. The molecule has 1 aliphatic carbocycles. The van der Waals surface area contributed by atoms with E-state index in [0.717, 1.165) is 24.1 Å². The smallest absolute Gasteiger partial charge is 0.248 e. The third-order valence-corrected chi connectivity index (χ3v) is 5.79. The first kappa shape index (κ1) is 24.3. The number of rotatable bonds is 9. The van der Waals surface area contributed by atoms with Gasteiger partial charge >= 0.3 is 0 Å². The van der Waals surface area contributed by atoms with E-state index in [0.29, 0.717) is 29.5 Å². The maximum atomic E-state index is 14.6. The number of aromatic amines is 1. The maximum Gasteiger partial charge on any atom is 0.248 e. The standard InChI is InChI=1S/C26H29FN6O2/c1-16(26(35)30-23-15-22(31-32-23)17-9-10-17)18-6-4-7-19(14-18)20-11-12-21(25(27)29-20)28-24(34)8-5-13-33(2)3/h4-8,11-12,14-17H,9-10,13H2,1-3H3,(H,28,34)(H2,30,31,32,35)/b8-5+. The van der Waals surface area contributed by atoms with Crippen LogP contribution >= 0.6 is 0 Å². The summed E-state index contributed by atoms with van der Waals surface area (Å²) >= 11 is 0. The van der Waals surface area contributed by atoms with E-state index >= 15 is 0 Å². The number of hydrogen-bond acceptors (Lipinski definition) is 5. The van der Waals surface area contributed by atoms with Crippen molar-refractivity contribution in [2.75, 3.05) is 31.3 Å². The first-order chi connectivity index (χ1) is 16.8. The lowest BCUT2D eigenvalue weighted by Gasteiger charge is -2.13. The second kappa shape index (κ2) is 10.6. The molecule has 9 heteroatoms. The molecule has 0 radical (unpaired) electrons. The van der Waals surface area contributed by atoms with Crippen molar-refractivity contribution in [2.24, 2.45) is 0 Å². The maximum absolute atomic E-state index is 14.6. The molecule has 4 rings (SSSR count). The number of benzene rings is 1. The van der Waals surface area contributed by atoms with Crippen LogP contribution in [0.1, 0.15) is 42.9 Å². The van der Waals surface area contributed by atoms with Crippen LogP contribution in [0.4, 0.5) is 15.9 Å². The Balaban J connectivity index is 1.42. The van der Waals surface area contributed by atoms with Gasteiger partial charge in [-0.15, -0.1) is 0 Å². The van der Waals surface area contributed by atoms with Crippen LogP contribution in [0, 0.1) is 5.95 Å². The molecule has 1 fully saturated rings. The fraction of sp³-hybridized carbons (Fsp3) is 0.308. The summed E-state index contributed by atoms with van der Waals surface area (Å²) in [6, 6.07) is 12.3. The summed E-state index contributed by atoms with van der Waals surface area (Å²) in [5.41, 5.74) is 2.89. The van der Waals surface area contributed by atoms with Gasteiger partial charge in [0, 0.05) is 35.9 Å². The van der Waals surface area contributed by atoms with Gasteiger partial charge in [0.1, 0.15) is 0 Å². The third-order valence-electron chi connectivity index (χ3n) is 5.79. The van der Waals surface area contributed by atoms with Crippen LogP contribution in [-0.2, 0) is 9.59 Å². The molecule has 1 saturated carbocycles. The minimum atomic E-state index is -0.780. The molecule has 0 bridgehead atoms. The molecule has 2 heterocycles. The van der Waals surface area contributed by atoms with E-state index in [2.05, 4.69) is 25.8 Å². The number of H-pyrrole nitrogens is 1. The Kier molecular flexibility index (Phi) is 7.36. The molecular formula is C26H29FN6O2. The number of pyridine rings is 1. The van der Waals surface area contributed by atoms with E-state index in [1.807, 2.05) is 37.2 Å². The number of nitrogens with zero attached hydrogens (tertiary/aromatic N) is 3. The van der Waals surface area contributed by atoms with E-state index in [4.69, 9.17) is 0 Å². The highest BCUT2D eigenvalue weighted by Gasteiger charge is 2.26. The molecule has 3 aromatic rings. The number of carbonyl (C=O) groups excluding carboxylic acids is 2. The zero-order valence-electron chi connectivity index (χ0n) is 20.0. The Labute approximate surface area is 203 Å². The number of nitrogens with one attached hydrogen (secondary N) is 3. The van der Waals surface area contributed by atoms with E-state index in [-0.39, 0.29) is 11.6 Å². The summed E-state index contributed by atoms with van der Waals surface area (Å²) < 4.78 is 14.6. The summed E-state index contributed by atoms with van der Waals surface area (Å²) in [5, 5.41) is 12.5. The predicted octanol–water partition coefficient (Wildman–Crippen LogP) is 4.29. The highest BCUT2D eigenvalue weighted by Crippen LogP contribution is 2.39. The van der Waals surface area contributed by atoms with Crippen molar-refractivity contribution in [3.05, 3.63) is 71.8 Å². The zero-order chi connectivity index (χ0) is 24.9. The molecule has 1 atom stereocenters. The van der Waals surface area contributed by atoms with Crippen molar-refractivity contribution >= 4 is 23.3 Å². The molecule has 35 heavy (non-hydrogen) atoms. The fourth-order valence-electron chi connectivity index (χ4n) is 3.59. The van der Waals surface area contributed by atoms with Crippen molar-refractivity contribution in [3.63, 3.8) is 0 Å². The average molecular weight is 477 g/mol. The molecule has 0 spiro atoms. The second-order valence-electron chi connectivity index (χ2n) is 9.01. The summed E-state index contributed by atoms with van der Waals surface area (Å²) in [7, 11) is 3.77. The van der Waals surface area contributed by atoms with Crippen molar-refractivity contribution in [3.8, 4) is 11.3 Å². The molecule has 1 aromatic carbocycles. The molecule has 1 aliphatic rings. The van der Waals surface area contributed by atoms with Gasteiger partial charge in [0.25, 0.3) is 0 Å². The van der Waals surface area contributed by atoms with E-state index in [9.17, 15) is 14.0 Å². The monoisotopic (exact) mass is 476 g/mol. The Hall–Kier alpha value is -3.85. The molecule has 3 N–H and O–H groups in total. The molecular weight excluding hydrogens is 447 g/mol. The van der Waals surface area contributed by atoms with Gasteiger partial charge in [-0.05, 0) is 57.6 Å². The van der Waals surface area contributed by atoms with Crippen LogP contribution < -0.4 is 10.6 Å².